The molecule has 0 aliphatic heterocycles. The molecule has 4 N–H and O–H groups in total. The van der Waals surface area contributed by atoms with Crippen LogP contribution in [0.4, 0.5) is 0 Å². The quantitative estimate of drug-likeness (QED) is 0.347. The van der Waals surface area contributed by atoms with Gasteiger partial charge in [0, 0.05) is 0 Å². The summed E-state index contributed by atoms with van der Waals surface area (Å²) < 4.78 is 0. The lowest BCUT2D eigenvalue weighted by Crippen LogP contribution is -2.59. The van der Waals surface area contributed by atoms with Gasteiger partial charge in [0.1, 0.15) is 10.4 Å². The lowest BCUT2D eigenvalue weighted by Gasteiger charge is -2.38. The monoisotopic (exact) mass is 315 g/mol. The highest BCUT2D eigenvalue weighted by Gasteiger charge is 2.40. The molecule has 1 amide bonds. The number of amides is 1. The first-order valence-corrected chi connectivity index (χ1v) is 7.78. The largest absolute Gasteiger partial charge is 0.409 e. The van der Waals surface area contributed by atoms with Gasteiger partial charge in [0.05, 0.1) is 5.02 Å². The Hall–Kier alpha value is -1.27. The molecule has 0 saturated heterocycles. The van der Waals surface area contributed by atoms with Crippen molar-refractivity contribution in [1.82, 2.24) is 5.32 Å². The molecular weight excluding hydrogens is 298 g/mol. The average molecular weight is 316 g/mol. The lowest BCUT2D eigenvalue weighted by molar-refractivity contribution is 0.0902. The molecule has 1 aliphatic carbocycles. The summed E-state index contributed by atoms with van der Waals surface area (Å²) in [6.45, 7) is 2.16. The molecule has 1 saturated carbocycles. The molecule has 20 heavy (non-hydrogen) atoms. The molecule has 0 atom stereocenters. The van der Waals surface area contributed by atoms with E-state index in [2.05, 4.69) is 17.4 Å². The summed E-state index contributed by atoms with van der Waals surface area (Å²) in [6.07, 6.45) is 3.18. The maximum atomic E-state index is 12.3. The van der Waals surface area contributed by atoms with Crippen molar-refractivity contribution >= 4 is 34.7 Å². The maximum absolute atomic E-state index is 12.3. The molecule has 0 spiro atoms. The second kappa shape index (κ2) is 6.01. The summed E-state index contributed by atoms with van der Waals surface area (Å²) >= 11 is 7.25. The molecule has 1 aromatic rings. The standard InChI is InChI=1S/C13H18ClN3O2S/c1-8-2-5-13(6-3-8,12(15)17-19)16-11(18)10-9(14)4-7-20-10/h4,7-8,19H,2-3,5-6H2,1H3,(H2,15,17)(H,16,18). The van der Waals surface area contributed by atoms with Crippen LogP contribution in [0.1, 0.15) is 42.3 Å². The molecule has 1 heterocycles. The fourth-order valence-electron chi connectivity index (χ4n) is 2.53. The summed E-state index contributed by atoms with van der Waals surface area (Å²) in [4.78, 5) is 12.8. The Kier molecular flexibility index (Phi) is 4.55. The van der Waals surface area contributed by atoms with Crippen molar-refractivity contribution in [3.63, 3.8) is 0 Å². The predicted molar refractivity (Wildman–Crippen MR) is 80.6 cm³/mol. The number of oxime groups is 1. The highest BCUT2D eigenvalue weighted by atomic mass is 35.5. The van der Waals surface area contributed by atoms with Crippen LogP contribution in [0.15, 0.2) is 16.6 Å². The third kappa shape index (κ3) is 2.91. The Morgan fingerprint density at radius 1 is 1.60 bits per heavy atom. The molecule has 110 valence electrons. The Morgan fingerprint density at radius 2 is 2.25 bits per heavy atom. The molecule has 1 aliphatic rings. The van der Waals surface area contributed by atoms with Crippen LogP contribution < -0.4 is 11.1 Å². The number of carbonyl (C=O) groups excluding carboxylic acids is 1. The third-order valence-corrected chi connectivity index (χ3v) is 5.24. The van der Waals surface area contributed by atoms with Crippen LogP contribution in [0.25, 0.3) is 0 Å². The molecule has 2 rings (SSSR count). The zero-order chi connectivity index (χ0) is 14.8. The van der Waals surface area contributed by atoms with Crippen LogP contribution in [-0.2, 0) is 0 Å². The van der Waals surface area contributed by atoms with Gasteiger partial charge in [0.25, 0.3) is 5.91 Å². The van der Waals surface area contributed by atoms with Gasteiger partial charge in [-0.3, -0.25) is 4.79 Å². The Labute approximate surface area is 126 Å². The fraction of sp³-hybridized carbons (Fsp3) is 0.538. The molecule has 7 heteroatoms. The lowest BCUT2D eigenvalue weighted by atomic mass is 9.76. The Balaban J connectivity index is 2.21. The van der Waals surface area contributed by atoms with E-state index in [9.17, 15) is 4.79 Å². The van der Waals surface area contributed by atoms with Gasteiger partial charge in [-0.2, -0.15) is 0 Å². The van der Waals surface area contributed by atoms with Crippen molar-refractivity contribution in [3.8, 4) is 0 Å². The first-order chi connectivity index (χ1) is 9.48. The normalized spacial score (nSPS) is 27.3. The van der Waals surface area contributed by atoms with Gasteiger partial charge in [-0.05, 0) is 43.0 Å². The highest BCUT2D eigenvalue weighted by Crippen LogP contribution is 2.33. The molecular formula is C13H18ClN3O2S. The molecule has 0 bridgehead atoms. The Morgan fingerprint density at radius 3 is 2.75 bits per heavy atom. The van der Waals surface area contributed by atoms with Crippen LogP contribution in [0.5, 0.6) is 0 Å². The number of rotatable bonds is 3. The van der Waals surface area contributed by atoms with E-state index in [4.69, 9.17) is 22.5 Å². The number of nitrogens with zero attached hydrogens (tertiary/aromatic N) is 1. The van der Waals surface area contributed by atoms with E-state index in [0.717, 1.165) is 12.8 Å². The van der Waals surface area contributed by atoms with Crippen LogP contribution in [-0.4, -0.2) is 22.5 Å². The fourth-order valence-corrected chi connectivity index (χ4v) is 3.56. The van der Waals surface area contributed by atoms with Crippen molar-refractivity contribution in [1.29, 1.82) is 0 Å². The molecule has 0 aromatic carbocycles. The summed E-state index contributed by atoms with van der Waals surface area (Å²) in [6, 6.07) is 1.68. The van der Waals surface area contributed by atoms with Gasteiger partial charge in [0.15, 0.2) is 5.84 Å². The number of amidine groups is 1. The topological polar surface area (TPSA) is 87.7 Å². The minimum Gasteiger partial charge on any atom is -0.409 e. The van der Waals surface area contributed by atoms with Crippen LogP contribution in [0, 0.1) is 5.92 Å². The molecule has 1 aromatic heterocycles. The zero-order valence-corrected chi connectivity index (χ0v) is 12.8. The third-order valence-electron chi connectivity index (χ3n) is 3.90. The maximum Gasteiger partial charge on any atom is 0.263 e. The van der Waals surface area contributed by atoms with Crippen LogP contribution >= 0.6 is 22.9 Å². The van der Waals surface area contributed by atoms with Crippen molar-refractivity contribution < 1.29 is 10.0 Å². The second-order valence-electron chi connectivity index (χ2n) is 5.30. The summed E-state index contributed by atoms with van der Waals surface area (Å²) in [5.74, 6) is 0.369. The van der Waals surface area contributed by atoms with Gasteiger partial charge < -0.3 is 16.3 Å². The molecule has 1 fully saturated rings. The van der Waals surface area contributed by atoms with Crippen LogP contribution in [0.3, 0.4) is 0 Å². The summed E-state index contributed by atoms with van der Waals surface area (Å²) in [5.41, 5.74) is 5.05. The SMILES string of the molecule is CC1CCC(NC(=O)c2sccc2Cl)(/C(N)=N/O)CC1. The van der Waals surface area contributed by atoms with Gasteiger partial charge in [-0.1, -0.05) is 23.7 Å². The number of hydrogen-bond donors (Lipinski definition) is 3. The van der Waals surface area contributed by atoms with Crippen molar-refractivity contribution in [3.05, 3.63) is 21.3 Å². The van der Waals surface area contributed by atoms with Crippen molar-refractivity contribution in [2.75, 3.05) is 0 Å². The molecule has 0 radical (unpaired) electrons. The second-order valence-corrected chi connectivity index (χ2v) is 6.62. The zero-order valence-electron chi connectivity index (χ0n) is 11.2. The first kappa shape index (κ1) is 15.1. The minimum absolute atomic E-state index is 0.0606. The predicted octanol–water partition coefficient (Wildman–Crippen LogP) is 2.83. The number of halogens is 1. The van der Waals surface area contributed by atoms with Crippen LogP contribution in [0.2, 0.25) is 5.02 Å². The van der Waals surface area contributed by atoms with Gasteiger partial charge in [-0.15, -0.1) is 11.3 Å². The Bertz CT molecular complexity index is 521. The van der Waals surface area contributed by atoms with Gasteiger partial charge in [-0.25, -0.2) is 0 Å². The van der Waals surface area contributed by atoms with E-state index in [1.807, 2.05) is 0 Å². The van der Waals surface area contributed by atoms with E-state index in [1.165, 1.54) is 11.3 Å². The van der Waals surface area contributed by atoms with E-state index < -0.39 is 5.54 Å². The van der Waals surface area contributed by atoms with Gasteiger partial charge in [0.2, 0.25) is 0 Å². The number of hydrogen-bond acceptors (Lipinski definition) is 4. The summed E-state index contributed by atoms with van der Waals surface area (Å²) in [7, 11) is 0. The first-order valence-electron chi connectivity index (χ1n) is 6.52. The van der Waals surface area contributed by atoms with E-state index in [0.29, 0.717) is 28.7 Å². The minimum atomic E-state index is -0.772. The van der Waals surface area contributed by atoms with Crippen molar-refractivity contribution in [2.45, 2.75) is 38.1 Å². The number of nitrogens with one attached hydrogen (secondary N) is 1. The molecule has 5 nitrogen and oxygen atoms in total. The van der Waals surface area contributed by atoms with E-state index >= 15 is 0 Å². The van der Waals surface area contributed by atoms with E-state index in [1.54, 1.807) is 11.4 Å². The molecule has 0 unspecified atom stereocenters. The number of carbonyl (C=O) groups is 1. The summed E-state index contributed by atoms with van der Waals surface area (Å²) in [5, 5.41) is 17.2. The number of thiophene rings is 1. The smallest absolute Gasteiger partial charge is 0.263 e. The average Bonchev–Trinajstić information content (AvgIpc) is 2.87. The highest BCUT2D eigenvalue weighted by molar-refractivity contribution is 7.12. The van der Waals surface area contributed by atoms with Crippen molar-refractivity contribution in [2.24, 2.45) is 16.8 Å². The number of nitrogens with two attached hydrogens (primary N) is 1. The van der Waals surface area contributed by atoms with E-state index in [-0.39, 0.29) is 11.7 Å². The van der Waals surface area contributed by atoms with Gasteiger partial charge >= 0.3 is 0 Å².